The van der Waals surface area contributed by atoms with Gasteiger partial charge in [0.2, 0.25) is 5.91 Å². The van der Waals surface area contributed by atoms with Gasteiger partial charge in [-0.3, -0.25) is 4.79 Å². The number of hydrogen-bond acceptors (Lipinski definition) is 2. The summed E-state index contributed by atoms with van der Waals surface area (Å²) in [5.41, 5.74) is 1.02. The highest BCUT2D eigenvalue weighted by atomic mass is 16.3. The van der Waals surface area contributed by atoms with Crippen LogP contribution in [0.3, 0.4) is 0 Å². The fraction of sp³-hybridized carbons (Fsp3) is 0.312. The standard InChI is InChI=1S/C16H19NO2/c1-2-14(11-18)17-16(19)10-13-8-5-7-12-6-3-4-9-15(12)13/h3-9,14,18H,2,10-11H2,1H3,(H,17,19)/t14-/m0/s1. The number of aliphatic hydroxyl groups is 1. The van der Waals surface area contributed by atoms with E-state index in [2.05, 4.69) is 5.32 Å². The molecule has 2 aromatic rings. The van der Waals surface area contributed by atoms with Crippen LogP contribution in [0.1, 0.15) is 18.9 Å². The van der Waals surface area contributed by atoms with E-state index in [0.29, 0.717) is 6.42 Å². The number of hydrogen-bond donors (Lipinski definition) is 2. The van der Waals surface area contributed by atoms with Gasteiger partial charge in [0.05, 0.1) is 19.1 Å². The number of rotatable bonds is 5. The first-order valence-electron chi connectivity index (χ1n) is 6.61. The van der Waals surface area contributed by atoms with Gasteiger partial charge >= 0.3 is 0 Å². The maximum Gasteiger partial charge on any atom is 0.224 e. The molecule has 0 aliphatic carbocycles. The van der Waals surface area contributed by atoms with E-state index < -0.39 is 0 Å². The minimum absolute atomic E-state index is 0.0161. The molecule has 0 saturated heterocycles. The van der Waals surface area contributed by atoms with Crippen LogP contribution in [-0.2, 0) is 11.2 Å². The van der Waals surface area contributed by atoms with Crippen LogP contribution < -0.4 is 5.32 Å². The highest BCUT2D eigenvalue weighted by Crippen LogP contribution is 2.18. The molecule has 0 aliphatic rings. The Hall–Kier alpha value is -1.87. The zero-order valence-corrected chi connectivity index (χ0v) is 11.1. The quantitative estimate of drug-likeness (QED) is 0.863. The Morgan fingerprint density at radius 3 is 2.68 bits per heavy atom. The molecule has 0 fully saturated rings. The molecule has 19 heavy (non-hydrogen) atoms. The smallest absolute Gasteiger partial charge is 0.224 e. The number of amides is 1. The fourth-order valence-corrected chi connectivity index (χ4v) is 2.18. The Morgan fingerprint density at radius 1 is 1.21 bits per heavy atom. The molecule has 3 heteroatoms. The molecule has 2 aromatic carbocycles. The lowest BCUT2D eigenvalue weighted by Crippen LogP contribution is -2.37. The summed E-state index contributed by atoms with van der Waals surface area (Å²) >= 11 is 0. The number of nitrogens with one attached hydrogen (secondary N) is 1. The van der Waals surface area contributed by atoms with E-state index in [1.54, 1.807) is 0 Å². The van der Waals surface area contributed by atoms with E-state index in [9.17, 15) is 4.79 Å². The van der Waals surface area contributed by atoms with Crippen molar-refractivity contribution in [3.05, 3.63) is 48.0 Å². The average molecular weight is 257 g/mol. The predicted octanol–water partition coefficient (Wildman–Crippen LogP) is 2.27. The van der Waals surface area contributed by atoms with Crippen molar-refractivity contribution in [3.8, 4) is 0 Å². The third-order valence-corrected chi connectivity index (χ3v) is 3.31. The van der Waals surface area contributed by atoms with Crippen molar-refractivity contribution >= 4 is 16.7 Å². The maximum absolute atomic E-state index is 12.0. The second-order valence-corrected chi connectivity index (χ2v) is 4.67. The van der Waals surface area contributed by atoms with E-state index in [0.717, 1.165) is 22.8 Å². The molecule has 0 unspecified atom stereocenters. The minimum Gasteiger partial charge on any atom is -0.394 e. The summed E-state index contributed by atoms with van der Waals surface area (Å²) in [6, 6.07) is 13.9. The summed E-state index contributed by atoms with van der Waals surface area (Å²) in [4.78, 5) is 12.0. The van der Waals surface area contributed by atoms with Gasteiger partial charge in [-0.15, -0.1) is 0 Å². The highest BCUT2D eigenvalue weighted by Gasteiger charge is 2.11. The lowest BCUT2D eigenvalue weighted by Gasteiger charge is -2.14. The molecule has 2 N–H and O–H groups in total. The third-order valence-electron chi connectivity index (χ3n) is 3.31. The molecule has 0 radical (unpaired) electrons. The van der Waals surface area contributed by atoms with E-state index >= 15 is 0 Å². The Labute approximate surface area is 113 Å². The first-order valence-corrected chi connectivity index (χ1v) is 6.61. The zero-order chi connectivity index (χ0) is 13.7. The molecule has 1 amide bonds. The number of benzene rings is 2. The summed E-state index contributed by atoms with van der Waals surface area (Å²) in [6.07, 6.45) is 1.08. The summed E-state index contributed by atoms with van der Waals surface area (Å²) in [5, 5.41) is 14.2. The summed E-state index contributed by atoms with van der Waals surface area (Å²) in [7, 11) is 0. The molecule has 0 spiro atoms. The maximum atomic E-state index is 12.0. The van der Waals surface area contributed by atoms with Crippen molar-refractivity contribution < 1.29 is 9.90 Å². The molecule has 1 atom stereocenters. The Bertz CT molecular complexity index is 556. The van der Waals surface area contributed by atoms with Crippen LogP contribution in [0, 0.1) is 0 Å². The fourth-order valence-electron chi connectivity index (χ4n) is 2.18. The van der Waals surface area contributed by atoms with Gasteiger partial charge in [0, 0.05) is 0 Å². The van der Waals surface area contributed by atoms with Crippen molar-refractivity contribution in [2.24, 2.45) is 0 Å². The van der Waals surface area contributed by atoms with Gasteiger partial charge in [0.15, 0.2) is 0 Å². The molecule has 0 heterocycles. The van der Waals surface area contributed by atoms with E-state index in [4.69, 9.17) is 5.11 Å². The second-order valence-electron chi connectivity index (χ2n) is 4.67. The predicted molar refractivity (Wildman–Crippen MR) is 77.0 cm³/mol. The molecule has 3 nitrogen and oxygen atoms in total. The normalized spacial score (nSPS) is 12.3. The van der Waals surface area contributed by atoms with Crippen molar-refractivity contribution in [1.82, 2.24) is 5.32 Å². The summed E-state index contributed by atoms with van der Waals surface area (Å²) in [6.45, 7) is 1.93. The second kappa shape index (κ2) is 6.34. The van der Waals surface area contributed by atoms with Crippen LogP contribution in [0.5, 0.6) is 0 Å². The first kappa shape index (κ1) is 13.6. The number of fused-ring (bicyclic) bond motifs is 1. The molecule has 0 aliphatic heterocycles. The minimum atomic E-state index is -0.150. The van der Waals surface area contributed by atoms with Crippen molar-refractivity contribution in [2.45, 2.75) is 25.8 Å². The number of aliphatic hydroxyl groups excluding tert-OH is 1. The zero-order valence-electron chi connectivity index (χ0n) is 11.1. The third kappa shape index (κ3) is 3.32. The number of carbonyl (C=O) groups is 1. The Balaban J connectivity index is 2.15. The van der Waals surface area contributed by atoms with Crippen LogP contribution >= 0.6 is 0 Å². The molecular weight excluding hydrogens is 238 g/mol. The molecular formula is C16H19NO2. The summed E-state index contributed by atoms with van der Waals surface area (Å²) in [5.74, 6) is -0.0442. The van der Waals surface area contributed by atoms with Gasteiger partial charge in [-0.25, -0.2) is 0 Å². The van der Waals surface area contributed by atoms with Crippen LogP contribution in [0.2, 0.25) is 0 Å². The van der Waals surface area contributed by atoms with Gasteiger partial charge < -0.3 is 10.4 Å². The van der Waals surface area contributed by atoms with E-state index in [-0.39, 0.29) is 18.6 Å². The first-order chi connectivity index (χ1) is 9.24. The summed E-state index contributed by atoms with van der Waals surface area (Å²) < 4.78 is 0. The van der Waals surface area contributed by atoms with Gasteiger partial charge in [0.1, 0.15) is 0 Å². The van der Waals surface area contributed by atoms with Crippen molar-refractivity contribution in [2.75, 3.05) is 6.61 Å². The SMILES string of the molecule is CC[C@@H](CO)NC(=O)Cc1cccc2ccccc12. The lowest BCUT2D eigenvalue weighted by molar-refractivity contribution is -0.121. The van der Waals surface area contributed by atoms with Gasteiger partial charge in [-0.1, -0.05) is 49.4 Å². The molecule has 0 bridgehead atoms. The van der Waals surface area contributed by atoms with Crippen LogP contribution in [0.4, 0.5) is 0 Å². The molecule has 0 saturated carbocycles. The monoisotopic (exact) mass is 257 g/mol. The van der Waals surface area contributed by atoms with Gasteiger partial charge in [-0.2, -0.15) is 0 Å². The van der Waals surface area contributed by atoms with Crippen molar-refractivity contribution in [1.29, 1.82) is 0 Å². The molecule has 100 valence electrons. The van der Waals surface area contributed by atoms with E-state index in [1.165, 1.54) is 0 Å². The van der Waals surface area contributed by atoms with Crippen molar-refractivity contribution in [3.63, 3.8) is 0 Å². The topological polar surface area (TPSA) is 49.3 Å². The number of carbonyl (C=O) groups excluding carboxylic acids is 1. The average Bonchev–Trinajstić information content (AvgIpc) is 2.45. The van der Waals surface area contributed by atoms with E-state index in [1.807, 2.05) is 49.4 Å². The lowest BCUT2D eigenvalue weighted by atomic mass is 10.0. The Kier molecular flexibility index (Phi) is 4.53. The molecule has 0 aromatic heterocycles. The highest BCUT2D eigenvalue weighted by molar-refractivity contribution is 5.90. The van der Waals surface area contributed by atoms with Crippen LogP contribution in [0.15, 0.2) is 42.5 Å². The van der Waals surface area contributed by atoms with Gasteiger partial charge in [0.25, 0.3) is 0 Å². The largest absolute Gasteiger partial charge is 0.394 e. The Morgan fingerprint density at radius 2 is 1.95 bits per heavy atom. The molecule has 2 rings (SSSR count). The van der Waals surface area contributed by atoms with Crippen LogP contribution in [0.25, 0.3) is 10.8 Å². The van der Waals surface area contributed by atoms with Gasteiger partial charge in [-0.05, 0) is 22.8 Å². The van der Waals surface area contributed by atoms with Crippen LogP contribution in [-0.4, -0.2) is 23.7 Å².